The summed E-state index contributed by atoms with van der Waals surface area (Å²) in [6.45, 7) is 2.58. The van der Waals surface area contributed by atoms with Crippen LogP contribution < -0.4 is 10.1 Å². The number of nitrogens with zero attached hydrogens (tertiary/aromatic N) is 3. The van der Waals surface area contributed by atoms with E-state index in [1.807, 2.05) is 14.7 Å². The van der Waals surface area contributed by atoms with Crippen LogP contribution in [0, 0.1) is 0 Å². The van der Waals surface area contributed by atoms with Crippen molar-refractivity contribution < 1.29 is 27.8 Å². The number of halogens is 2. The summed E-state index contributed by atoms with van der Waals surface area (Å²) in [6.07, 6.45) is 0. The van der Waals surface area contributed by atoms with E-state index in [1.165, 1.54) is 12.1 Å². The summed E-state index contributed by atoms with van der Waals surface area (Å²) < 4.78 is 33.9. The Kier molecular flexibility index (Phi) is 7.59. The van der Waals surface area contributed by atoms with Gasteiger partial charge < -0.3 is 24.6 Å². The molecule has 2 fully saturated rings. The molecule has 10 heteroatoms. The minimum absolute atomic E-state index is 0.0386. The maximum atomic E-state index is 12.5. The molecule has 3 rings (SSSR count). The van der Waals surface area contributed by atoms with Gasteiger partial charge in [0.1, 0.15) is 5.75 Å². The maximum Gasteiger partial charge on any atom is 0.387 e. The van der Waals surface area contributed by atoms with Gasteiger partial charge in [-0.2, -0.15) is 8.78 Å². The van der Waals surface area contributed by atoms with Crippen LogP contribution in [0.3, 0.4) is 0 Å². The third kappa shape index (κ3) is 6.53. The molecule has 160 valence electrons. The van der Waals surface area contributed by atoms with Crippen LogP contribution in [0.1, 0.15) is 5.56 Å². The molecule has 0 spiro atoms. The standard InChI is InChI=1S/C19H26F2N4O4/c20-18(21)29-16-3-1-15(2-4-16)13-22-17(26)14-23-5-7-24(8-6-23)19(27)25-9-11-28-12-10-25/h1-4,18H,5-14H2,(H,22,26). The number of amides is 3. The molecule has 2 saturated heterocycles. The fourth-order valence-electron chi connectivity index (χ4n) is 3.30. The number of carbonyl (C=O) groups excluding carboxylic acids is 2. The first-order chi connectivity index (χ1) is 14.0. The predicted molar refractivity (Wildman–Crippen MR) is 101 cm³/mol. The third-order valence-electron chi connectivity index (χ3n) is 4.93. The zero-order valence-electron chi connectivity index (χ0n) is 16.2. The van der Waals surface area contributed by atoms with Crippen molar-refractivity contribution in [3.8, 4) is 5.75 Å². The summed E-state index contributed by atoms with van der Waals surface area (Å²) in [4.78, 5) is 30.3. The number of rotatable bonds is 6. The van der Waals surface area contributed by atoms with Gasteiger partial charge in [-0.25, -0.2) is 4.79 Å². The molecule has 0 saturated carbocycles. The first kappa shape index (κ1) is 21.3. The third-order valence-corrected chi connectivity index (χ3v) is 4.93. The van der Waals surface area contributed by atoms with E-state index >= 15 is 0 Å². The Morgan fingerprint density at radius 1 is 1.00 bits per heavy atom. The summed E-state index contributed by atoms with van der Waals surface area (Å²) in [7, 11) is 0. The SMILES string of the molecule is O=C(CN1CCN(C(=O)N2CCOCC2)CC1)NCc1ccc(OC(F)F)cc1. The second kappa shape index (κ2) is 10.4. The predicted octanol–water partition coefficient (Wildman–Crippen LogP) is 0.974. The number of nitrogens with one attached hydrogen (secondary N) is 1. The number of benzene rings is 1. The fourth-order valence-corrected chi connectivity index (χ4v) is 3.30. The van der Waals surface area contributed by atoms with Gasteiger partial charge in [-0.1, -0.05) is 12.1 Å². The van der Waals surface area contributed by atoms with E-state index in [2.05, 4.69) is 10.1 Å². The van der Waals surface area contributed by atoms with Crippen molar-refractivity contribution >= 4 is 11.9 Å². The average molecular weight is 412 g/mol. The first-order valence-electron chi connectivity index (χ1n) is 9.65. The highest BCUT2D eigenvalue weighted by Crippen LogP contribution is 2.14. The van der Waals surface area contributed by atoms with E-state index < -0.39 is 6.61 Å². The molecule has 29 heavy (non-hydrogen) atoms. The highest BCUT2D eigenvalue weighted by atomic mass is 19.3. The molecule has 2 heterocycles. The van der Waals surface area contributed by atoms with Gasteiger partial charge in [0.25, 0.3) is 0 Å². The van der Waals surface area contributed by atoms with Gasteiger partial charge in [0.15, 0.2) is 0 Å². The number of morpholine rings is 1. The van der Waals surface area contributed by atoms with E-state index in [9.17, 15) is 18.4 Å². The normalized spacial score (nSPS) is 18.0. The van der Waals surface area contributed by atoms with Crippen molar-refractivity contribution in [3.63, 3.8) is 0 Å². The molecule has 1 N–H and O–H groups in total. The summed E-state index contributed by atoms with van der Waals surface area (Å²) in [5.41, 5.74) is 0.792. The first-order valence-corrected chi connectivity index (χ1v) is 9.65. The van der Waals surface area contributed by atoms with Gasteiger partial charge in [-0.15, -0.1) is 0 Å². The molecule has 0 bridgehead atoms. The van der Waals surface area contributed by atoms with E-state index in [4.69, 9.17) is 4.74 Å². The van der Waals surface area contributed by atoms with Crippen LogP contribution in [0.4, 0.5) is 13.6 Å². The van der Waals surface area contributed by atoms with Crippen LogP contribution in [0.25, 0.3) is 0 Å². The number of hydrogen-bond donors (Lipinski definition) is 1. The highest BCUT2D eigenvalue weighted by Gasteiger charge is 2.26. The van der Waals surface area contributed by atoms with Gasteiger partial charge in [-0.3, -0.25) is 9.69 Å². The van der Waals surface area contributed by atoms with Crippen molar-refractivity contribution in [2.45, 2.75) is 13.2 Å². The Hall–Kier alpha value is -2.46. The largest absolute Gasteiger partial charge is 0.435 e. The van der Waals surface area contributed by atoms with Gasteiger partial charge in [0.2, 0.25) is 5.91 Å². The smallest absolute Gasteiger partial charge is 0.387 e. The van der Waals surface area contributed by atoms with E-state index in [0.717, 1.165) is 5.56 Å². The molecule has 1 aromatic rings. The Bertz CT molecular complexity index is 675. The van der Waals surface area contributed by atoms with Crippen LogP contribution in [-0.2, 0) is 16.1 Å². The summed E-state index contributed by atoms with van der Waals surface area (Å²) in [5.74, 6) is -0.0366. The fraction of sp³-hybridized carbons (Fsp3) is 0.579. The number of alkyl halides is 2. The van der Waals surface area contributed by atoms with Gasteiger partial charge in [0.05, 0.1) is 19.8 Å². The van der Waals surface area contributed by atoms with Crippen molar-refractivity contribution in [1.29, 1.82) is 0 Å². The van der Waals surface area contributed by atoms with Crippen molar-refractivity contribution in [3.05, 3.63) is 29.8 Å². The van der Waals surface area contributed by atoms with Crippen molar-refractivity contribution in [2.24, 2.45) is 0 Å². The lowest BCUT2D eigenvalue weighted by molar-refractivity contribution is -0.122. The minimum Gasteiger partial charge on any atom is -0.435 e. The Labute approximate surface area is 168 Å². The van der Waals surface area contributed by atoms with Crippen LogP contribution in [-0.4, -0.2) is 92.3 Å². The average Bonchev–Trinajstić information content (AvgIpc) is 2.73. The Balaban J connectivity index is 1.35. The number of urea groups is 1. The number of ether oxygens (including phenoxy) is 2. The Morgan fingerprint density at radius 3 is 2.24 bits per heavy atom. The van der Waals surface area contributed by atoms with Crippen LogP contribution in [0.2, 0.25) is 0 Å². The summed E-state index contributed by atoms with van der Waals surface area (Å²) >= 11 is 0. The molecule has 0 aliphatic carbocycles. The lowest BCUT2D eigenvalue weighted by Crippen LogP contribution is -2.55. The molecule has 2 aliphatic rings. The van der Waals surface area contributed by atoms with E-state index in [1.54, 1.807) is 12.1 Å². The molecule has 8 nitrogen and oxygen atoms in total. The molecular weight excluding hydrogens is 386 g/mol. The monoisotopic (exact) mass is 412 g/mol. The Morgan fingerprint density at radius 2 is 1.62 bits per heavy atom. The molecule has 0 radical (unpaired) electrons. The topological polar surface area (TPSA) is 74.4 Å². The van der Waals surface area contributed by atoms with Gasteiger partial charge >= 0.3 is 12.6 Å². The molecule has 2 aliphatic heterocycles. The van der Waals surface area contributed by atoms with Crippen molar-refractivity contribution in [1.82, 2.24) is 20.0 Å². The van der Waals surface area contributed by atoms with Crippen LogP contribution in [0.5, 0.6) is 5.75 Å². The number of carbonyl (C=O) groups is 2. The van der Waals surface area contributed by atoms with E-state index in [0.29, 0.717) is 59.0 Å². The molecule has 0 aromatic heterocycles. The van der Waals surface area contributed by atoms with Crippen molar-refractivity contribution in [2.75, 3.05) is 59.0 Å². The zero-order chi connectivity index (χ0) is 20.6. The lowest BCUT2D eigenvalue weighted by Gasteiger charge is -2.38. The molecular formula is C19H26F2N4O4. The zero-order valence-corrected chi connectivity index (χ0v) is 16.2. The van der Waals surface area contributed by atoms with Gasteiger partial charge in [-0.05, 0) is 17.7 Å². The maximum absolute atomic E-state index is 12.5. The molecule has 1 aromatic carbocycles. The van der Waals surface area contributed by atoms with Crippen LogP contribution >= 0.6 is 0 Å². The summed E-state index contributed by atoms with van der Waals surface area (Å²) in [6, 6.07) is 6.19. The van der Waals surface area contributed by atoms with Crippen LogP contribution in [0.15, 0.2) is 24.3 Å². The second-order valence-electron chi connectivity index (χ2n) is 6.94. The molecule has 0 unspecified atom stereocenters. The van der Waals surface area contributed by atoms with Gasteiger partial charge in [0, 0.05) is 45.8 Å². The second-order valence-corrected chi connectivity index (χ2v) is 6.94. The lowest BCUT2D eigenvalue weighted by atomic mass is 10.2. The summed E-state index contributed by atoms with van der Waals surface area (Å²) in [5, 5.41) is 2.82. The highest BCUT2D eigenvalue weighted by molar-refractivity contribution is 5.78. The minimum atomic E-state index is -2.86. The molecule has 0 atom stereocenters. The molecule has 3 amide bonds. The number of hydrogen-bond acceptors (Lipinski definition) is 5. The quantitative estimate of drug-likeness (QED) is 0.754. The number of piperazine rings is 1. The van der Waals surface area contributed by atoms with E-state index in [-0.39, 0.29) is 24.2 Å².